The molecule has 0 saturated carbocycles. The van der Waals surface area contributed by atoms with Crippen molar-refractivity contribution in [1.29, 1.82) is 0 Å². The average molecular weight is 342 g/mol. The molecular formula is C17H20B2O4S. The van der Waals surface area contributed by atoms with E-state index in [4.69, 9.17) is 25.0 Å². The van der Waals surface area contributed by atoms with E-state index in [-0.39, 0.29) is 10.4 Å². The Morgan fingerprint density at radius 3 is 1.71 bits per heavy atom. The molecule has 0 aliphatic rings. The van der Waals surface area contributed by atoms with Gasteiger partial charge in [0.05, 0.1) is 12.0 Å². The summed E-state index contributed by atoms with van der Waals surface area (Å²) in [7, 11) is 8.54. The minimum absolute atomic E-state index is 0.0746. The highest BCUT2D eigenvalue weighted by Crippen LogP contribution is 2.13. The summed E-state index contributed by atoms with van der Waals surface area (Å²) in [4.78, 5) is -0.226. The van der Waals surface area contributed by atoms with E-state index in [0.717, 1.165) is 16.9 Å². The summed E-state index contributed by atoms with van der Waals surface area (Å²) >= 11 is 0. The molecule has 0 amide bonds. The Hall–Kier alpha value is -1.72. The summed E-state index contributed by atoms with van der Waals surface area (Å²) in [6, 6.07) is 6.76. The van der Waals surface area contributed by atoms with Gasteiger partial charge in [-0.2, -0.15) is 8.42 Å². The Morgan fingerprint density at radius 2 is 1.25 bits per heavy atom. The highest BCUT2D eigenvalue weighted by atomic mass is 32.2. The summed E-state index contributed by atoms with van der Waals surface area (Å²) < 4.78 is 35.4. The third kappa shape index (κ3) is 5.14. The number of ether oxygens (including phenoxy) is 1. The smallest absolute Gasteiger partial charge is 0.293 e. The molecule has 0 fully saturated rings. The molecule has 0 unspecified atom stereocenters. The molecule has 24 heavy (non-hydrogen) atoms. The second kappa shape index (κ2) is 7.90. The first kappa shape index (κ1) is 20.3. The van der Waals surface area contributed by atoms with Crippen LogP contribution in [0.4, 0.5) is 0 Å². The molecule has 7 heteroatoms. The van der Waals surface area contributed by atoms with Gasteiger partial charge in [0, 0.05) is 0 Å². The van der Waals surface area contributed by atoms with Crippen LogP contribution < -0.4 is 15.7 Å². The van der Waals surface area contributed by atoms with E-state index < -0.39 is 10.1 Å². The van der Waals surface area contributed by atoms with E-state index in [1.165, 1.54) is 23.3 Å². The van der Waals surface area contributed by atoms with Crippen LogP contribution in [0.25, 0.3) is 0 Å². The minimum atomic E-state index is -4.20. The lowest BCUT2D eigenvalue weighted by Gasteiger charge is -2.07. The third-order valence-corrected chi connectivity index (χ3v) is 4.66. The number of hydrogen-bond acceptors (Lipinski definition) is 3. The lowest BCUT2D eigenvalue weighted by Crippen LogP contribution is -2.16. The van der Waals surface area contributed by atoms with Crippen LogP contribution in [0.1, 0.15) is 22.3 Å². The first-order chi connectivity index (χ1) is 11.0. The summed E-state index contributed by atoms with van der Waals surface area (Å²) in [5, 5.41) is 0. The van der Waals surface area contributed by atoms with Gasteiger partial charge in [-0.15, -0.1) is 0 Å². The Labute approximate surface area is 146 Å². The van der Waals surface area contributed by atoms with Crippen LogP contribution in [0.5, 0.6) is 5.75 Å². The molecule has 0 saturated heterocycles. The van der Waals surface area contributed by atoms with Crippen molar-refractivity contribution in [2.45, 2.75) is 32.6 Å². The zero-order chi connectivity index (χ0) is 18.7. The standard InChI is InChI=1S/C9H11BO.C8H9BO3S/c1-6-4-8(10)9(11-3)5-7(6)2;1-5-3-7(9)8(4-6(5)2)13(10,11)12/h4-5H,1-3H3;3-4H,1-2H3,(H,10,11,12). The van der Waals surface area contributed by atoms with E-state index >= 15 is 0 Å². The van der Waals surface area contributed by atoms with E-state index in [1.807, 2.05) is 32.9 Å². The molecule has 0 aliphatic heterocycles. The van der Waals surface area contributed by atoms with Crippen molar-refractivity contribution in [2.75, 3.05) is 7.11 Å². The molecule has 0 spiro atoms. The van der Waals surface area contributed by atoms with Crippen LogP contribution >= 0.6 is 0 Å². The number of benzene rings is 2. The maximum Gasteiger partial charge on any atom is 0.293 e. The lowest BCUT2D eigenvalue weighted by molar-refractivity contribution is 0.418. The highest BCUT2D eigenvalue weighted by Gasteiger charge is 2.13. The maximum absolute atomic E-state index is 10.8. The Bertz CT molecular complexity index is 846. The first-order valence-corrected chi connectivity index (χ1v) is 8.66. The topological polar surface area (TPSA) is 63.6 Å². The third-order valence-electron chi connectivity index (χ3n) is 3.75. The van der Waals surface area contributed by atoms with Crippen molar-refractivity contribution >= 4 is 36.7 Å². The number of hydrogen-bond donors (Lipinski definition) is 1. The van der Waals surface area contributed by atoms with Gasteiger partial charge in [0.15, 0.2) is 0 Å². The fourth-order valence-corrected chi connectivity index (χ4v) is 2.71. The SMILES string of the molecule is [B]c1cc(C)c(C)cc1OC.[B]c1cc(C)c(C)cc1S(=O)(=O)O. The minimum Gasteiger partial charge on any atom is -0.497 e. The average Bonchev–Trinajstić information content (AvgIpc) is 2.46. The van der Waals surface area contributed by atoms with Crippen molar-refractivity contribution in [3.8, 4) is 5.75 Å². The molecule has 124 valence electrons. The normalized spacial score (nSPS) is 10.8. The van der Waals surface area contributed by atoms with Gasteiger partial charge in [0.2, 0.25) is 0 Å². The molecule has 2 aromatic rings. The molecule has 0 bridgehead atoms. The van der Waals surface area contributed by atoms with E-state index in [9.17, 15) is 8.42 Å². The van der Waals surface area contributed by atoms with Gasteiger partial charge < -0.3 is 4.74 Å². The predicted molar refractivity (Wildman–Crippen MR) is 99.0 cm³/mol. The monoisotopic (exact) mass is 342 g/mol. The molecular weight excluding hydrogens is 322 g/mol. The highest BCUT2D eigenvalue weighted by molar-refractivity contribution is 7.86. The van der Waals surface area contributed by atoms with Crippen LogP contribution in [-0.2, 0) is 10.1 Å². The quantitative estimate of drug-likeness (QED) is 0.663. The van der Waals surface area contributed by atoms with E-state index in [2.05, 4.69) is 0 Å². The van der Waals surface area contributed by atoms with Crippen LogP contribution in [0.3, 0.4) is 0 Å². The fraction of sp³-hybridized carbons (Fsp3) is 0.294. The molecule has 4 radical (unpaired) electrons. The van der Waals surface area contributed by atoms with Crippen molar-refractivity contribution in [1.82, 2.24) is 0 Å². The zero-order valence-corrected chi connectivity index (χ0v) is 15.4. The van der Waals surface area contributed by atoms with Crippen molar-refractivity contribution in [2.24, 2.45) is 0 Å². The van der Waals surface area contributed by atoms with Crippen molar-refractivity contribution in [3.63, 3.8) is 0 Å². The molecule has 1 N–H and O–H groups in total. The van der Waals surface area contributed by atoms with Gasteiger partial charge in [-0.3, -0.25) is 4.55 Å². The predicted octanol–water partition coefficient (Wildman–Crippen LogP) is 1.45. The number of methoxy groups -OCH3 is 1. The molecule has 4 nitrogen and oxygen atoms in total. The first-order valence-electron chi connectivity index (χ1n) is 7.22. The Balaban J connectivity index is 0.000000243. The zero-order valence-electron chi connectivity index (χ0n) is 14.5. The van der Waals surface area contributed by atoms with Gasteiger partial charge >= 0.3 is 0 Å². The van der Waals surface area contributed by atoms with E-state index in [1.54, 1.807) is 14.0 Å². The van der Waals surface area contributed by atoms with Gasteiger partial charge in [0.1, 0.15) is 21.4 Å². The van der Waals surface area contributed by atoms with Crippen LogP contribution in [0.2, 0.25) is 0 Å². The van der Waals surface area contributed by atoms with Gasteiger partial charge in [-0.25, -0.2) is 0 Å². The largest absolute Gasteiger partial charge is 0.497 e. The summed E-state index contributed by atoms with van der Waals surface area (Å²) in [6.07, 6.45) is 0. The Kier molecular flexibility index (Phi) is 6.69. The van der Waals surface area contributed by atoms with Crippen LogP contribution in [-0.4, -0.2) is 35.8 Å². The second-order valence-electron chi connectivity index (χ2n) is 5.63. The van der Waals surface area contributed by atoms with E-state index in [0.29, 0.717) is 5.46 Å². The molecule has 0 atom stereocenters. The molecule has 2 rings (SSSR count). The van der Waals surface area contributed by atoms with Gasteiger partial charge in [-0.1, -0.05) is 23.1 Å². The van der Waals surface area contributed by atoms with Crippen molar-refractivity contribution in [3.05, 3.63) is 46.5 Å². The number of aryl methyl sites for hydroxylation is 4. The molecule has 0 heterocycles. The lowest BCUT2D eigenvalue weighted by atomic mass is 9.91. The van der Waals surface area contributed by atoms with Crippen molar-refractivity contribution < 1.29 is 17.7 Å². The summed E-state index contributed by atoms with van der Waals surface area (Å²) in [6.45, 7) is 7.64. The summed E-state index contributed by atoms with van der Waals surface area (Å²) in [5.74, 6) is 0.758. The molecule has 0 aromatic heterocycles. The van der Waals surface area contributed by atoms with Crippen LogP contribution in [0.15, 0.2) is 29.2 Å². The van der Waals surface area contributed by atoms with Gasteiger partial charge in [-0.05, 0) is 62.1 Å². The molecule has 2 aromatic carbocycles. The Morgan fingerprint density at radius 1 is 0.833 bits per heavy atom. The van der Waals surface area contributed by atoms with Gasteiger partial charge in [0.25, 0.3) is 10.1 Å². The van der Waals surface area contributed by atoms with Crippen LogP contribution in [0, 0.1) is 27.7 Å². The second-order valence-corrected chi connectivity index (χ2v) is 7.02. The summed E-state index contributed by atoms with van der Waals surface area (Å²) in [5.41, 5.74) is 4.85. The number of rotatable bonds is 2. The fourth-order valence-electron chi connectivity index (χ4n) is 2.02. The maximum atomic E-state index is 10.8. The molecule has 0 aliphatic carbocycles.